The van der Waals surface area contributed by atoms with E-state index >= 15 is 0 Å². The number of aromatic nitrogens is 1. The lowest BCUT2D eigenvalue weighted by molar-refractivity contribution is -0.275. The van der Waals surface area contributed by atoms with Crippen molar-refractivity contribution in [2.75, 3.05) is 7.11 Å². The molecule has 0 spiro atoms. The number of hydrogen-bond donors (Lipinski definition) is 0. The molecule has 1 rings (SSSR count). The topological polar surface area (TPSA) is 48.4 Å². The van der Waals surface area contributed by atoms with E-state index in [2.05, 4.69) is 14.5 Å². The van der Waals surface area contributed by atoms with Crippen molar-refractivity contribution in [1.82, 2.24) is 4.98 Å². The summed E-state index contributed by atoms with van der Waals surface area (Å²) in [5.74, 6) is -1.33. The highest BCUT2D eigenvalue weighted by atomic mass is 127. The fourth-order valence-electron chi connectivity index (χ4n) is 1.30. The number of hydrogen-bond acceptors (Lipinski definition) is 4. The zero-order chi connectivity index (χ0) is 14.6. The first-order valence-electron chi connectivity index (χ1n) is 4.83. The van der Waals surface area contributed by atoms with Crippen LogP contribution in [0.2, 0.25) is 0 Å². The Hall–Kier alpha value is -0.770. The molecule has 19 heavy (non-hydrogen) atoms. The zero-order valence-electron chi connectivity index (χ0n) is 9.55. The van der Waals surface area contributed by atoms with Gasteiger partial charge in [-0.3, -0.25) is 4.79 Å². The van der Waals surface area contributed by atoms with Crippen molar-refractivity contribution >= 4 is 40.2 Å². The van der Waals surface area contributed by atoms with E-state index in [1.54, 1.807) is 0 Å². The van der Waals surface area contributed by atoms with E-state index in [1.165, 1.54) is 0 Å². The van der Waals surface area contributed by atoms with Crippen molar-refractivity contribution in [2.45, 2.75) is 18.7 Å². The number of nitrogens with zero attached hydrogens (tertiary/aromatic N) is 1. The molecule has 0 aliphatic carbocycles. The molecule has 0 bridgehead atoms. The Morgan fingerprint density at radius 3 is 2.58 bits per heavy atom. The molecule has 0 aromatic carbocycles. The van der Waals surface area contributed by atoms with Crippen LogP contribution in [-0.2, 0) is 21.8 Å². The molecule has 0 radical (unpaired) electrons. The number of halogens is 5. The Labute approximate surface area is 125 Å². The number of ether oxygens (including phenoxy) is 2. The van der Waals surface area contributed by atoms with Gasteiger partial charge in [-0.05, 0) is 22.6 Å². The highest BCUT2D eigenvalue weighted by Crippen LogP contribution is 2.31. The quantitative estimate of drug-likeness (QED) is 0.332. The molecule has 1 aromatic heterocycles. The Morgan fingerprint density at radius 2 is 2.11 bits per heavy atom. The summed E-state index contributed by atoms with van der Waals surface area (Å²) in [4.78, 5) is 15.0. The van der Waals surface area contributed by atoms with E-state index in [0.29, 0.717) is 9.26 Å². The Bertz CT molecular complexity index is 482. The molecule has 9 heteroatoms. The van der Waals surface area contributed by atoms with Crippen LogP contribution in [-0.4, -0.2) is 24.4 Å². The first-order chi connectivity index (χ1) is 8.78. The monoisotopic (exact) mass is 409 g/mol. The Morgan fingerprint density at radius 1 is 1.47 bits per heavy atom. The van der Waals surface area contributed by atoms with E-state index in [1.807, 2.05) is 22.6 Å². The predicted molar refractivity (Wildman–Crippen MR) is 68.9 cm³/mol. The fraction of sp³-hybridized carbons (Fsp3) is 0.400. The summed E-state index contributed by atoms with van der Waals surface area (Å²) in [6, 6.07) is 0. The molecule has 0 N–H and O–H groups in total. The SMILES string of the molecule is COC(=O)Cc1c(OC(F)(F)F)cnc(I)c1CCl. The summed E-state index contributed by atoms with van der Waals surface area (Å²) in [7, 11) is 1.14. The number of methoxy groups -OCH3 is 1. The van der Waals surface area contributed by atoms with Crippen molar-refractivity contribution in [3.05, 3.63) is 21.0 Å². The van der Waals surface area contributed by atoms with Crippen LogP contribution in [0.1, 0.15) is 11.1 Å². The molecule has 1 heterocycles. The van der Waals surface area contributed by atoms with Crippen LogP contribution in [0.3, 0.4) is 0 Å². The van der Waals surface area contributed by atoms with Crippen LogP contribution < -0.4 is 4.74 Å². The third kappa shape index (κ3) is 4.68. The van der Waals surface area contributed by atoms with E-state index in [9.17, 15) is 18.0 Å². The van der Waals surface area contributed by atoms with E-state index in [4.69, 9.17) is 11.6 Å². The largest absolute Gasteiger partial charge is 0.573 e. The average molecular weight is 410 g/mol. The normalized spacial score (nSPS) is 11.3. The molecule has 0 saturated heterocycles. The lowest BCUT2D eigenvalue weighted by atomic mass is 10.1. The molecule has 0 aliphatic heterocycles. The molecule has 1 aromatic rings. The van der Waals surface area contributed by atoms with Crippen LogP contribution in [0.25, 0.3) is 0 Å². The summed E-state index contributed by atoms with van der Waals surface area (Å²) in [6.07, 6.45) is -4.34. The van der Waals surface area contributed by atoms with Gasteiger partial charge in [0.2, 0.25) is 0 Å². The summed E-state index contributed by atoms with van der Waals surface area (Å²) >= 11 is 7.49. The van der Waals surface area contributed by atoms with Gasteiger partial charge in [-0.2, -0.15) is 0 Å². The molecule has 0 amide bonds. The van der Waals surface area contributed by atoms with Gasteiger partial charge in [-0.25, -0.2) is 4.98 Å². The van der Waals surface area contributed by atoms with Crippen molar-refractivity contribution in [3.8, 4) is 5.75 Å². The molecule has 0 atom stereocenters. The third-order valence-electron chi connectivity index (χ3n) is 2.11. The van der Waals surface area contributed by atoms with Crippen molar-refractivity contribution < 1.29 is 27.4 Å². The van der Waals surface area contributed by atoms with Gasteiger partial charge in [-0.15, -0.1) is 24.8 Å². The average Bonchev–Trinajstić information content (AvgIpc) is 2.31. The summed E-state index contributed by atoms with van der Waals surface area (Å²) < 4.78 is 45.5. The second-order valence-corrected chi connectivity index (χ2v) is 4.59. The first-order valence-corrected chi connectivity index (χ1v) is 6.44. The molecule has 0 aliphatic rings. The summed E-state index contributed by atoms with van der Waals surface area (Å²) in [5.41, 5.74) is 0.341. The smallest absolute Gasteiger partial charge is 0.469 e. The first kappa shape index (κ1) is 16.3. The second-order valence-electron chi connectivity index (χ2n) is 3.30. The molecule has 0 saturated carbocycles. The molecule has 4 nitrogen and oxygen atoms in total. The number of carbonyl (C=O) groups excluding carboxylic acids is 1. The maximum atomic E-state index is 12.3. The van der Waals surface area contributed by atoms with Gasteiger partial charge in [0.25, 0.3) is 0 Å². The van der Waals surface area contributed by atoms with Crippen LogP contribution in [0.5, 0.6) is 5.75 Å². The summed E-state index contributed by atoms with van der Waals surface area (Å²) in [5, 5.41) is 0. The fourth-order valence-corrected chi connectivity index (χ4v) is 2.47. The van der Waals surface area contributed by atoms with Gasteiger partial charge in [0.15, 0.2) is 5.75 Å². The van der Waals surface area contributed by atoms with Gasteiger partial charge in [0.05, 0.1) is 25.6 Å². The van der Waals surface area contributed by atoms with Crippen LogP contribution in [0.4, 0.5) is 13.2 Å². The highest BCUT2D eigenvalue weighted by Gasteiger charge is 2.33. The number of esters is 1. The van der Waals surface area contributed by atoms with E-state index < -0.39 is 18.1 Å². The highest BCUT2D eigenvalue weighted by molar-refractivity contribution is 14.1. The number of carbonyl (C=O) groups is 1. The maximum absolute atomic E-state index is 12.3. The van der Waals surface area contributed by atoms with Gasteiger partial charge < -0.3 is 9.47 Å². The lowest BCUT2D eigenvalue weighted by Gasteiger charge is -2.15. The molecule has 0 fully saturated rings. The zero-order valence-corrected chi connectivity index (χ0v) is 12.5. The van der Waals surface area contributed by atoms with Crippen LogP contribution in [0.15, 0.2) is 6.20 Å². The van der Waals surface area contributed by atoms with Gasteiger partial charge >= 0.3 is 12.3 Å². The molecule has 106 valence electrons. The maximum Gasteiger partial charge on any atom is 0.573 e. The lowest BCUT2D eigenvalue weighted by Crippen LogP contribution is -2.20. The standard InChI is InChI=1S/C10H8ClF3INO3/c1-18-8(17)2-5-6(3-11)9(15)16-4-7(5)19-10(12,13)14/h4H,2-3H2,1H3. The predicted octanol–water partition coefficient (Wildman–Crippen LogP) is 3.04. The van der Waals surface area contributed by atoms with Crippen molar-refractivity contribution in [3.63, 3.8) is 0 Å². The number of alkyl halides is 4. The van der Waals surface area contributed by atoms with Crippen molar-refractivity contribution in [1.29, 1.82) is 0 Å². The van der Waals surface area contributed by atoms with Gasteiger partial charge in [-0.1, -0.05) is 0 Å². The minimum atomic E-state index is -4.87. The van der Waals surface area contributed by atoms with Crippen LogP contribution in [0, 0.1) is 3.70 Å². The number of pyridine rings is 1. The van der Waals surface area contributed by atoms with Crippen molar-refractivity contribution in [2.24, 2.45) is 0 Å². The molecule has 0 unspecified atom stereocenters. The molecular formula is C10H8ClF3INO3. The molecular weight excluding hydrogens is 401 g/mol. The second kappa shape index (κ2) is 6.60. The number of rotatable bonds is 4. The Balaban J connectivity index is 3.25. The summed E-state index contributed by atoms with van der Waals surface area (Å²) in [6.45, 7) is 0. The Kier molecular flexibility index (Phi) is 5.65. The minimum absolute atomic E-state index is 0.0265. The van der Waals surface area contributed by atoms with Gasteiger partial charge in [0, 0.05) is 11.1 Å². The van der Waals surface area contributed by atoms with E-state index in [0.717, 1.165) is 13.3 Å². The van der Waals surface area contributed by atoms with E-state index in [-0.39, 0.29) is 17.9 Å². The van der Waals surface area contributed by atoms with Gasteiger partial charge in [0.1, 0.15) is 3.70 Å². The minimum Gasteiger partial charge on any atom is -0.469 e. The third-order valence-corrected chi connectivity index (χ3v) is 3.31. The van der Waals surface area contributed by atoms with Crippen LogP contribution >= 0.6 is 34.2 Å².